The van der Waals surface area contributed by atoms with Gasteiger partial charge in [-0.2, -0.15) is 0 Å². The van der Waals surface area contributed by atoms with Gasteiger partial charge in [0.25, 0.3) is 0 Å². The number of H-pyrrole nitrogens is 1. The highest BCUT2D eigenvalue weighted by Crippen LogP contribution is 2.30. The summed E-state index contributed by atoms with van der Waals surface area (Å²) in [6.07, 6.45) is 2.07. The Hall–Kier alpha value is -2.94. The first-order valence-electron chi connectivity index (χ1n) is 9.05. The third kappa shape index (κ3) is 3.33. The first-order chi connectivity index (χ1) is 13.4. The van der Waals surface area contributed by atoms with Crippen molar-refractivity contribution < 1.29 is 18.3 Å². The number of hydrogen-bond acceptors (Lipinski definition) is 6. The van der Waals surface area contributed by atoms with Crippen molar-refractivity contribution in [1.29, 1.82) is 0 Å². The van der Waals surface area contributed by atoms with Crippen molar-refractivity contribution in [1.82, 2.24) is 15.0 Å². The van der Waals surface area contributed by atoms with Crippen LogP contribution in [0.4, 0.5) is 5.69 Å². The van der Waals surface area contributed by atoms with Gasteiger partial charge in [-0.15, -0.1) is 0 Å². The molecular weight excluding hydrogens is 380 g/mol. The molecule has 0 amide bonds. The van der Waals surface area contributed by atoms with E-state index in [2.05, 4.69) is 15.0 Å². The number of aromatic nitrogens is 3. The van der Waals surface area contributed by atoms with Gasteiger partial charge in [0.15, 0.2) is 9.84 Å². The zero-order chi connectivity index (χ0) is 19.9. The van der Waals surface area contributed by atoms with E-state index in [1.807, 2.05) is 36.1 Å². The van der Waals surface area contributed by atoms with Gasteiger partial charge in [-0.05, 0) is 12.1 Å². The van der Waals surface area contributed by atoms with Crippen LogP contribution in [0.2, 0.25) is 0 Å². The number of nitrogens with zero attached hydrogens (tertiary/aromatic N) is 3. The van der Waals surface area contributed by atoms with Crippen LogP contribution in [0.5, 0.6) is 0 Å². The number of aromatic carboxylic acids is 1. The monoisotopic (exact) mass is 400 g/mol. The molecule has 1 fully saturated rings. The van der Waals surface area contributed by atoms with E-state index in [-0.39, 0.29) is 17.1 Å². The van der Waals surface area contributed by atoms with Gasteiger partial charge >= 0.3 is 5.97 Å². The van der Waals surface area contributed by atoms with E-state index in [4.69, 9.17) is 0 Å². The van der Waals surface area contributed by atoms with E-state index < -0.39 is 15.8 Å². The normalized spacial score (nSPS) is 16.4. The Morgan fingerprint density at radius 1 is 1.18 bits per heavy atom. The van der Waals surface area contributed by atoms with Gasteiger partial charge < -0.3 is 15.0 Å². The maximum absolute atomic E-state index is 11.6. The number of carboxylic acid groups (broad SMARTS) is 1. The second kappa shape index (κ2) is 6.90. The minimum Gasteiger partial charge on any atom is -0.478 e. The topological polar surface area (TPSA) is 116 Å². The fraction of sp³-hybridized carbons (Fsp3) is 0.316. The van der Waals surface area contributed by atoms with Crippen LogP contribution in [0.25, 0.3) is 22.3 Å². The summed E-state index contributed by atoms with van der Waals surface area (Å²) < 4.78 is 23.2. The van der Waals surface area contributed by atoms with Crippen molar-refractivity contribution >= 4 is 32.5 Å². The summed E-state index contributed by atoms with van der Waals surface area (Å²) in [5, 5.41) is 9.98. The summed E-state index contributed by atoms with van der Waals surface area (Å²) in [5.74, 6) is -0.0862. The molecule has 4 rings (SSSR count). The number of carboxylic acids is 1. The van der Waals surface area contributed by atoms with Gasteiger partial charge in [-0.25, -0.2) is 23.2 Å². The van der Waals surface area contributed by atoms with E-state index in [1.165, 1.54) is 6.20 Å². The van der Waals surface area contributed by atoms with E-state index in [1.54, 1.807) is 0 Å². The zero-order valence-corrected chi connectivity index (χ0v) is 16.2. The fourth-order valence-electron chi connectivity index (χ4n) is 3.42. The van der Waals surface area contributed by atoms with Crippen molar-refractivity contribution in [3.63, 3.8) is 0 Å². The molecule has 0 saturated carbocycles. The van der Waals surface area contributed by atoms with Gasteiger partial charge in [0.2, 0.25) is 0 Å². The second-order valence-corrected chi connectivity index (χ2v) is 9.06. The third-order valence-electron chi connectivity index (χ3n) is 4.97. The van der Waals surface area contributed by atoms with Crippen molar-refractivity contribution in [3.05, 3.63) is 41.9 Å². The van der Waals surface area contributed by atoms with Crippen LogP contribution in [-0.4, -0.2) is 59.0 Å². The van der Waals surface area contributed by atoms with E-state index >= 15 is 0 Å². The van der Waals surface area contributed by atoms with Gasteiger partial charge in [0, 0.05) is 37.0 Å². The second-order valence-electron chi connectivity index (χ2n) is 6.76. The van der Waals surface area contributed by atoms with Crippen molar-refractivity contribution in [2.45, 2.75) is 13.3 Å². The molecule has 3 heterocycles. The number of fused-ring (bicyclic) bond motifs is 1. The minimum absolute atomic E-state index is 0.137. The van der Waals surface area contributed by atoms with Gasteiger partial charge in [0.05, 0.1) is 28.1 Å². The van der Waals surface area contributed by atoms with E-state index in [9.17, 15) is 18.3 Å². The lowest BCUT2D eigenvalue weighted by Crippen LogP contribution is -2.40. The largest absolute Gasteiger partial charge is 0.478 e. The molecule has 0 aliphatic carbocycles. The number of rotatable bonds is 4. The Balaban J connectivity index is 1.74. The fourth-order valence-corrected chi connectivity index (χ4v) is 4.62. The molecule has 1 aliphatic rings. The third-order valence-corrected chi connectivity index (χ3v) is 6.58. The molecule has 1 aliphatic heterocycles. The van der Waals surface area contributed by atoms with Gasteiger partial charge in [-0.1, -0.05) is 19.1 Å². The van der Waals surface area contributed by atoms with Crippen LogP contribution < -0.4 is 4.90 Å². The smallest absolute Gasteiger partial charge is 0.338 e. The summed E-state index contributed by atoms with van der Waals surface area (Å²) in [7, 11) is -2.93. The highest BCUT2D eigenvalue weighted by molar-refractivity contribution is 7.91. The number of sulfone groups is 1. The van der Waals surface area contributed by atoms with Gasteiger partial charge in [-0.3, -0.25) is 0 Å². The van der Waals surface area contributed by atoms with Crippen LogP contribution >= 0.6 is 0 Å². The number of carbonyl (C=O) groups is 1. The average Bonchev–Trinajstić information content (AvgIpc) is 3.12. The minimum atomic E-state index is -2.93. The summed E-state index contributed by atoms with van der Waals surface area (Å²) in [6.45, 7) is 2.89. The van der Waals surface area contributed by atoms with Crippen LogP contribution in [0, 0.1) is 0 Å². The summed E-state index contributed by atoms with van der Waals surface area (Å²) >= 11 is 0. The van der Waals surface area contributed by atoms with Crippen LogP contribution in [0.3, 0.4) is 0 Å². The Morgan fingerprint density at radius 3 is 2.46 bits per heavy atom. The molecule has 3 aromatic rings. The predicted molar refractivity (Wildman–Crippen MR) is 107 cm³/mol. The molecule has 0 atom stereocenters. The average molecular weight is 400 g/mol. The number of hydrogen-bond donors (Lipinski definition) is 2. The lowest BCUT2D eigenvalue weighted by atomic mass is 10.1. The Bertz CT molecular complexity index is 1140. The first-order valence-corrected chi connectivity index (χ1v) is 10.9. The molecule has 1 aromatic carbocycles. The molecule has 0 unspecified atom stereocenters. The summed E-state index contributed by atoms with van der Waals surface area (Å²) in [4.78, 5) is 25.5. The van der Waals surface area contributed by atoms with Crippen LogP contribution in [0.1, 0.15) is 23.1 Å². The molecule has 0 spiro atoms. The Kier molecular flexibility index (Phi) is 4.54. The number of anilines is 1. The number of aryl methyl sites for hydroxylation is 1. The van der Waals surface area contributed by atoms with Crippen LogP contribution in [0.15, 0.2) is 30.5 Å². The van der Waals surface area contributed by atoms with Crippen molar-refractivity contribution in [2.24, 2.45) is 0 Å². The maximum Gasteiger partial charge on any atom is 0.338 e. The molecule has 146 valence electrons. The summed E-state index contributed by atoms with van der Waals surface area (Å²) in [5.41, 5.74) is 2.94. The molecule has 2 N–H and O–H groups in total. The van der Waals surface area contributed by atoms with E-state index in [0.29, 0.717) is 42.1 Å². The molecule has 9 heteroatoms. The highest BCUT2D eigenvalue weighted by atomic mass is 32.2. The standard InChI is InChI=1S/C19H20N4O4S/c1-2-15-21-17(16-14(19(24)25)11-20-18(16)22-15)12-3-5-13(6-4-12)23-7-9-28(26,27)10-8-23/h3-6,11H,2,7-10H2,1H3,(H,24,25)(H,20,21,22). The van der Waals surface area contributed by atoms with Gasteiger partial charge in [0.1, 0.15) is 11.5 Å². The highest BCUT2D eigenvalue weighted by Gasteiger charge is 2.22. The Labute approximate surface area is 162 Å². The molecule has 1 saturated heterocycles. The summed E-state index contributed by atoms with van der Waals surface area (Å²) in [6, 6.07) is 7.61. The Morgan fingerprint density at radius 2 is 1.86 bits per heavy atom. The number of aromatic amines is 1. The van der Waals surface area contributed by atoms with Crippen LogP contribution in [-0.2, 0) is 16.3 Å². The molecular formula is C19H20N4O4S. The maximum atomic E-state index is 11.6. The molecule has 28 heavy (non-hydrogen) atoms. The number of nitrogens with one attached hydrogen (secondary N) is 1. The molecule has 8 nitrogen and oxygen atoms in total. The molecule has 0 bridgehead atoms. The lowest BCUT2D eigenvalue weighted by molar-refractivity contribution is 0.0699. The predicted octanol–water partition coefficient (Wildman–Crippen LogP) is 2.12. The lowest BCUT2D eigenvalue weighted by Gasteiger charge is -2.28. The van der Waals surface area contributed by atoms with Crippen molar-refractivity contribution in [3.8, 4) is 11.3 Å². The van der Waals surface area contributed by atoms with Crippen molar-refractivity contribution in [2.75, 3.05) is 29.5 Å². The SMILES string of the molecule is CCc1nc(-c2ccc(N3CCS(=O)(=O)CC3)cc2)c2c(C(=O)O)c[nH]c2n1. The first kappa shape index (κ1) is 18.4. The molecule has 2 aromatic heterocycles. The van der Waals surface area contributed by atoms with E-state index in [0.717, 1.165) is 11.3 Å². The molecule has 0 radical (unpaired) electrons. The zero-order valence-electron chi connectivity index (χ0n) is 15.3. The quantitative estimate of drug-likeness (QED) is 0.689. The number of benzene rings is 1.